The predicted octanol–water partition coefficient (Wildman–Crippen LogP) is 4.50. The van der Waals surface area contributed by atoms with Gasteiger partial charge in [0, 0.05) is 23.1 Å². The molecule has 1 aliphatic carbocycles. The zero-order valence-electron chi connectivity index (χ0n) is 12.5. The zero-order valence-corrected chi connectivity index (χ0v) is 14.1. The van der Waals surface area contributed by atoms with Gasteiger partial charge in [-0.05, 0) is 72.8 Å². The van der Waals surface area contributed by atoms with E-state index in [2.05, 4.69) is 51.3 Å². The quantitative estimate of drug-likeness (QED) is 0.874. The molecule has 1 aromatic rings. The van der Waals surface area contributed by atoms with Crippen LogP contribution >= 0.6 is 15.9 Å². The second-order valence-corrected chi connectivity index (χ2v) is 7.17. The van der Waals surface area contributed by atoms with Gasteiger partial charge in [-0.1, -0.05) is 18.9 Å². The molecule has 2 aliphatic rings. The number of anilines is 1. The van der Waals surface area contributed by atoms with Crippen molar-refractivity contribution in [1.82, 2.24) is 5.32 Å². The van der Waals surface area contributed by atoms with E-state index in [1.807, 2.05) is 7.05 Å². The molecule has 2 fully saturated rings. The average molecular weight is 337 g/mol. The van der Waals surface area contributed by atoms with Gasteiger partial charge < -0.3 is 10.2 Å². The number of fused-ring (bicyclic) bond motifs is 1. The summed E-state index contributed by atoms with van der Waals surface area (Å²) in [7, 11) is 2.01. The van der Waals surface area contributed by atoms with Crippen molar-refractivity contribution >= 4 is 21.6 Å². The maximum atomic E-state index is 3.80. The van der Waals surface area contributed by atoms with Gasteiger partial charge in [0.1, 0.15) is 0 Å². The minimum Gasteiger partial charge on any atom is -0.367 e. The molecule has 20 heavy (non-hydrogen) atoms. The number of benzene rings is 1. The summed E-state index contributed by atoms with van der Waals surface area (Å²) < 4.78 is 1.25. The van der Waals surface area contributed by atoms with Crippen molar-refractivity contribution in [2.24, 2.45) is 5.92 Å². The zero-order chi connectivity index (χ0) is 14.1. The van der Waals surface area contributed by atoms with Crippen LogP contribution in [-0.2, 0) is 0 Å². The standard InChI is InChI=1S/C17H25BrN2/c1-12(19-2)14-7-8-17(15(18)11-14)20-10-9-13-5-3-4-6-16(13)20/h7-8,11-13,16,19H,3-6,9-10H2,1-2H3. The number of nitrogens with one attached hydrogen (secondary N) is 1. The Labute approximate surface area is 131 Å². The fraction of sp³-hybridized carbons (Fsp3) is 0.647. The fourth-order valence-electron chi connectivity index (χ4n) is 3.90. The van der Waals surface area contributed by atoms with Gasteiger partial charge in [0.05, 0.1) is 5.69 Å². The Morgan fingerprint density at radius 2 is 2.05 bits per heavy atom. The summed E-state index contributed by atoms with van der Waals surface area (Å²) in [6.45, 7) is 3.43. The highest BCUT2D eigenvalue weighted by Crippen LogP contribution is 2.41. The first kappa shape index (κ1) is 14.4. The van der Waals surface area contributed by atoms with E-state index in [9.17, 15) is 0 Å². The van der Waals surface area contributed by atoms with Crippen molar-refractivity contribution in [2.75, 3.05) is 18.5 Å². The van der Waals surface area contributed by atoms with E-state index in [1.165, 1.54) is 54.4 Å². The predicted molar refractivity (Wildman–Crippen MR) is 89.3 cm³/mol. The average Bonchev–Trinajstić information content (AvgIpc) is 2.90. The van der Waals surface area contributed by atoms with Crippen LogP contribution in [0.4, 0.5) is 5.69 Å². The summed E-state index contributed by atoms with van der Waals surface area (Å²) in [4.78, 5) is 2.65. The number of hydrogen-bond acceptors (Lipinski definition) is 2. The highest BCUT2D eigenvalue weighted by Gasteiger charge is 2.36. The molecule has 3 unspecified atom stereocenters. The molecule has 1 saturated heterocycles. The van der Waals surface area contributed by atoms with Crippen molar-refractivity contribution < 1.29 is 0 Å². The highest BCUT2D eigenvalue weighted by atomic mass is 79.9. The smallest absolute Gasteiger partial charge is 0.0513 e. The van der Waals surface area contributed by atoms with Crippen LogP contribution in [0, 0.1) is 5.92 Å². The molecule has 0 radical (unpaired) electrons. The summed E-state index contributed by atoms with van der Waals surface area (Å²) in [6, 6.07) is 8.06. The van der Waals surface area contributed by atoms with Crippen LogP contribution in [0.5, 0.6) is 0 Å². The third-order valence-corrected chi connectivity index (χ3v) is 5.86. The maximum absolute atomic E-state index is 3.80. The first-order valence-electron chi connectivity index (χ1n) is 7.94. The molecule has 0 aromatic heterocycles. The normalized spacial score (nSPS) is 27.4. The molecule has 3 heteroatoms. The minimum absolute atomic E-state index is 0.404. The topological polar surface area (TPSA) is 15.3 Å². The van der Waals surface area contributed by atoms with E-state index in [4.69, 9.17) is 0 Å². The van der Waals surface area contributed by atoms with Gasteiger partial charge in [0.2, 0.25) is 0 Å². The lowest BCUT2D eigenvalue weighted by atomic mass is 9.85. The molecular weight excluding hydrogens is 312 g/mol. The van der Waals surface area contributed by atoms with E-state index >= 15 is 0 Å². The summed E-state index contributed by atoms with van der Waals surface area (Å²) in [5, 5.41) is 3.31. The van der Waals surface area contributed by atoms with Crippen LogP contribution in [0.3, 0.4) is 0 Å². The van der Waals surface area contributed by atoms with E-state index in [-0.39, 0.29) is 0 Å². The molecular formula is C17H25BrN2. The van der Waals surface area contributed by atoms with Crippen molar-refractivity contribution in [1.29, 1.82) is 0 Å². The van der Waals surface area contributed by atoms with Gasteiger partial charge >= 0.3 is 0 Å². The monoisotopic (exact) mass is 336 g/mol. The van der Waals surface area contributed by atoms with Gasteiger partial charge in [0.25, 0.3) is 0 Å². The molecule has 0 bridgehead atoms. The SMILES string of the molecule is CNC(C)c1ccc(N2CCC3CCCCC32)c(Br)c1. The molecule has 1 saturated carbocycles. The van der Waals surface area contributed by atoms with Crippen LogP contribution in [-0.4, -0.2) is 19.6 Å². The van der Waals surface area contributed by atoms with Crippen LogP contribution in [0.2, 0.25) is 0 Å². The minimum atomic E-state index is 0.404. The molecule has 3 atom stereocenters. The van der Waals surface area contributed by atoms with Crippen LogP contribution < -0.4 is 10.2 Å². The Bertz CT molecular complexity index is 474. The van der Waals surface area contributed by atoms with Gasteiger partial charge in [-0.3, -0.25) is 0 Å². The van der Waals surface area contributed by atoms with Crippen molar-refractivity contribution in [2.45, 2.75) is 51.1 Å². The maximum Gasteiger partial charge on any atom is 0.0513 e. The highest BCUT2D eigenvalue weighted by molar-refractivity contribution is 9.10. The Morgan fingerprint density at radius 1 is 1.25 bits per heavy atom. The molecule has 0 amide bonds. The second-order valence-electron chi connectivity index (χ2n) is 6.32. The number of nitrogens with zero attached hydrogens (tertiary/aromatic N) is 1. The van der Waals surface area contributed by atoms with Crippen LogP contribution in [0.1, 0.15) is 50.6 Å². The third kappa shape index (κ3) is 2.62. The van der Waals surface area contributed by atoms with Gasteiger partial charge in [-0.2, -0.15) is 0 Å². The largest absolute Gasteiger partial charge is 0.367 e. The van der Waals surface area contributed by atoms with Crippen LogP contribution in [0.15, 0.2) is 22.7 Å². The Kier molecular flexibility index (Phi) is 4.37. The van der Waals surface area contributed by atoms with Crippen LogP contribution in [0.25, 0.3) is 0 Å². The van der Waals surface area contributed by atoms with E-state index in [0.717, 1.165) is 12.0 Å². The summed E-state index contributed by atoms with van der Waals surface area (Å²) in [5.41, 5.74) is 2.74. The molecule has 110 valence electrons. The summed E-state index contributed by atoms with van der Waals surface area (Å²) in [5.74, 6) is 0.937. The first-order chi connectivity index (χ1) is 9.70. The first-order valence-corrected chi connectivity index (χ1v) is 8.73. The Balaban J connectivity index is 1.83. The van der Waals surface area contributed by atoms with Gasteiger partial charge in [-0.15, -0.1) is 0 Å². The Morgan fingerprint density at radius 3 is 2.80 bits per heavy atom. The molecule has 3 rings (SSSR count). The van der Waals surface area contributed by atoms with Gasteiger partial charge in [-0.25, -0.2) is 0 Å². The van der Waals surface area contributed by atoms with Crippen molar-refractivity contribution in [3.63, 3.8) is 0 Å². The summed E-state index contributed by atoms with van der Waals surface area (Å²) in [6.07, 6.45) is 7.05. The Hall–Kier alpha value is -0.540. The van der Waals surface area contributed by atoms with E-state index in [1.54, 1.807) is 0 Å². The molecule has 1 aromatic carbocycles. The molecule has 0 spiro atoms. The lowest BCUT2D eigenvalue weighted by Gasteiger charge is -2.34. The lowest BCUT2D eigenvalue weighted by molar-refractivity contribution is 0.342. The lowest BCUT2D eigenvalue weighted by Crippen LogP contribution is -2.34. The van der Waals surface area contributed by atoms with Gasteiger partial charge in [0.15, 0.2) is 0 Å². The van der Waals surface area contributed by atoms with Crippen molar-refractivity contribution in [3.8, 4) is 0 Å². The van der Waals surface area contributed by atoms with Crippen molar-refractivity contribution in [3.05, 3.63) is 28.2 Å². The summed E-state index contributed by atoms with van der Waals surface area (Å²) >= 11 is 3.80. The molecule has 2 nitrogen and oxygen atoms in total. The third-order valence-electron chi connectivity index (χ3n) is 5.22. The molecule has 1 heterocycles. The second kappa shape index (κ2) is 6.07. The number of rotatable bonds is 3. The fourth-order valence-corrected chi connectivity index (χ4v) is 4.52. The molecule has 1 N–H and O–H groups in total. The number of halogens is 1. The van der Waals surface area contributed by atoms with E-state index in [0.29, 0.717) is 6.04 Å². The van der Waals surface area contributed by atoms with E-state index < -0.39 is 0 Å². The number of hydrogen-bond donors (Lipinski definition) is 1. The molecule has 1 aliphatic heterocycles.